The topological polar surface area (TPSA) is 64.6 Å². The van der Waals surface area contributed by atoms with Crippen LogP contribution in [0.3, 0.4) is 0 Å². The monoisotopic (exact) mass is 285 g/mol. The molecule has 1 N–H and O–H groups in total. The number of aryl methyl sites for hydroxylation is 1. The highest BCUT2D eigenvalue weighted by Gasteiger charge is 2.32. The largest absolute Gasteiger partial charge is 0.465 e. The van der Waals surface area contributed by atoms with Crippen LogP contribution in [0.4, 0.5) is 5.69 Å². The predicted molar refractivity (Wildman–Crippen MR) is 74.7 cm³/mol. The summed E-state index contributed by atoms with van der Waals surface area (Å²) in [6.07, 6.45) is 0.534. The maximum atomic E-state index is 12.2. The summed E-state index contributed by atoms with van der Waals surface area (Å²) in [6.45, 7) is 5.40. The quantitative estimate of drug-likeness (QED) is 0.845. The van der Waals surface area contributed by atoms with Crippen molar-refractivity contribution in [1.29, 1.82) is 0 Å². The first-order valence-electron chi connectivity index (χ1n) is 5.92. The molecule has 1 unspecified atom stereocenters. The molecule has 0 aliphatic heterocycles. The van der Waals surface area contributed by atoms with Crippen LogP contribution >= 0.6 is 11.3 Å². The summed E-state index contributed by atoms with van der Waals surface area (Å²) in [4.78, 5) is 24.2. The third kappa shape index (κ3) is 3.13. The van der Waals surface area contributed by atoms with Crippen molar-refractivity contribution in [2.75, 3.05) is 19.5 Å². The summed E-state index contributed by atoms with van der Waals surface area (Å²) in [5, 5.41) is 4.57. The number of amides is 1. The maximum absolute atomic E-state index is 12.2. The van der Waals surface area contributed by atoms with Crippen molar-refractivity contribution in [3.05, 3.63) is 15.8 Å². The van der Waals surface area contributed by atoms with Gasteiger partial charge in [-0.2, -0.15) is 0 Å². The van der Waals surface area contributed by atoms with Gasteiger partial charge in [0.05, 0.1) is 12.8 Å². The minimum atomic E-state index is -0.915. The zero-order chi connectivity index (χ0) is 14.6. The second kappa shape index (κ2) is 6.16. The molecule has 0 aliphatic carbocycles. The van der Waals surface area contributed by atoms with Crippen LogP contribution in [-0.2, 0) is 14.3 Å². The Bertz CT molecular complexity index is 477. The molecular formula is C13H19NO4S. The van der Waals surface area contributed by atoms with Crippen LogP contribution in [0.15, 0.2) is 5.38 Å². The van der Waals surface area contributed by atoms with Gasteiger partial charge in [0.25, 0.3) is 5.91 Å². The van der Waals surface area contributed by atoms with E-state index in [4.69, 9.17) is 9.47 Å². The summed E-state index contributed by atoms with van der Waals surface area (Å²) < 4.78 is 9.94. The number of nitrogens with one attached hydrogen (secondary N) is 1. The molecule has 1 heterocycles. The molecule has 1 aromatic heterocycles. The van der Waals surface area contributed by atoms with Gasteiger partial charge >= 0.3 is 5.97 Å². The van der Waals surface area contributed by atoms with E-state index in [1.807, 2.05) is 13.8 Å². The van der Waals surface area contributed by atoms with Crippen LogP contribution in [-0.4, -0.2) is 31.7 Å². The Balaban J connectivity index is 3.03. The number of carbonyl (C=O) groups excluding carboxylic acids is 2. The average molecular weight is 285 g/mol. The smallest absolute Gasteiger partial charge is 0.350 e. The number of thiophene rings is 1. The van der Waals surface area contributed by atoms with Crippen molar-refractivity contribution < 1.29 is 19.1 Å². The molecule has 0 spiro atoms. The van der Waals surface area contributed by atoms with E-state index in [1.54, 1.807) is 12.3 Å². The van der Waals surface area contributed by atoms with E-state index < -0.39 is 11.6 Å². The van der Waals surface area contributed by atoms with E-state index >= 15 is 0 Å². The number of carbonyl (C=O) groups is 2. The fourth-order valence-corrected chi connectivity index (χ4v) is 2.41. The molecule has 5 nitrogen and oxygen atoms in total. The van der Waals surface area contributed by atoms with Crippen molar-refractivity contribution >= 4 is 28.9 Å². The summed E-state index contributed by atoms with van der Waals surface area (Å²) in [7, 11) is 2.80. The van der Waals surface area contributed by atoms with E-state index in [9.17, 15) is 9.59 Å². The highest BCUT2D eigenvalue weighted by atomic mass is 32.1. The van der Waals surface area contributed by atoms with Crippen molar-refractivity contribution in [2.45, 2.75) is 32.8 Å². The predicted octanol–water partition coefficient (Wildman–Crippen LogP) is 2.60. The molecule has 106 valence electrons. The Hall–Kier alpha value is -1.40. The van der Waals surface area contributed by atoms with Gasteiger partial charge in [0.15, 0.2) is 0 Å². The summed E-state index contributed by atoms with van der Waals surface area (Å²) in [6, 6.07) is 0. The second-order valence-corrected chi connectivity index (χ2v) is 5.24. The first-order chi connectivity index (χ1) is 8.89. The van der Waals surface area contributed by atoms with Crippen molar-refractivity contribution in [3.8, 4) is 0 Å². The Morgan fingerprint density at radius 1 is 1.42 bits per heavy atom. The van der Waals surface area contributed by atoms with E-state index in [0.29, 0.717) is 17.0 Å². The average Bonchev–Trinajstić information content (AvgIpc) is 2.78. The third-order valence-corrected chi connectivity index (χ3v) is 4.27. The van der Waals surface area contributed by atoms with Crippen LogP contribution in [0.25, 0.3) is 0 Å². The minimum absolute atomic E-state index is 0.274. The first kappa shape index (κ1) is 15.7. The molecule has 1 atom stereocenters. The highest BCUT2D eigenvalue weighted by molar-refractivity contribution is 7.12. The standard InChI is InChI=1S/C13H19NO4S/c1-6-13(3,18-5)12(16)14-9-8(2)7-19-10(9)11(15)17-4/h7H,6H2,1-5H3,(H,14,16). The lowest BCUT2D eigenvalue weighted by molar-refractivity contribution is -0.136. The maximum Gasteiger partial charge on any atom is 0.350 e. The van der Waals surface area contributed by atoms with Gasteiger partial charge < -0.3 is 14.8 Å². The first-order valence-corrected chi connectivity index (χ1v) is 6.80. The Morgan fingerprint density at radius 2 is 2.05 bits per heavy atom. The Morgan fingerprint density at radius 3 is 2.53 bits per heavy atom. The van der Waals surface area contributed by atoms with Gasteiger partial charge in [-0.05, 0) is 31.2 Å². The van der Waals surface area contributed by atoms with Crippen LogP contribution < -0.4 is 5.32 Å². The number of hydrogen-bond acceptors (Lipinski definition) is 5. The molecule has 0 aliphatic rings. The third-order valence-electron chi connectivity index (χ3n) is 3.19. The van der Waals surface area contributed by atoms with Gasteiger partial charge in [0.2, 0.25) is 0 Å². The Kier molecular flexibility index (Phi) is 5.08. The van der Waals surface area contributed by atoms with Crippen LogP contribution in [0, 0.1) is 6.92 Å². The molecule has 19 heavy (non-hydrogen) atoms. The lowest BCUT2D eigenvalue weighted by Crippen LogP contribution is -2.41. The molecule has 1 amide bonds. The van der Waals surface area contributed by atoms with E-state index in [1.165, 1.54) is 25.6 Å². The summed E-state index contributed by atoms with van der Waals surface area (Å²) in [5.41, 5.74) is 0.411. The zero-order valence-electron chi connectivity index (χ0n) is 11.8. The summed E-state index contributed by atoms with van der Waals surface area (Å²) >= 11 is 1.25. The van der Waals surface area contributed by atoms with Gasteiger partial charge in [-0.15, -0.1) is 11.3 Å². The number of esters is 1. The van der Waals surface area contributed by atoms with Gasteiger partial charge in [0.1, 0.15) is 10.5 Å². The normalized spacial score (nSPS) is 13.7. The number of rotatable bonds is 5. The van der Waals surface area contributed by atoms with Gasteiger partial charge in [-0.3, -0.25) is 4.79 Å². The number of hydrogen-bond donors (Lipinski definition) is 1. The molecule has 0 aromatic carbocycles. The molecule has 0 bridgehead atoms. The fourth-order valence-electron chi connectivity index (χ4n) is 1.49. The van der Waals surface area contributed by atoms with Gasteiger partial charge in [0, 0.05) is 7.11 Å². The number of anilines is 1. The molecule has 6 heteroatoms. The second-order valence-electron chi connectivity index (χ2n) is 4.36. The Labute approximate surface area is 116 Å². The van der Waals surface area contributed by atoms with E-state index in [0.717, 1.165) is 5.56 Å². The molecule has 1 rings (SSSR count). The lowest BCUT2D eigenvalue weighted by atomic mass is 10.0. The zero-order valence-corrected chi connectivity index (χ0v) is 12.6. The lowest BCUT2D eigenvalue weighted by Gasteiger charge is -2.25. The molecule has 1 aromatic rings. The van der Waals surface area contributed by atoms with E-state index in [-0.39, 0.29) is 5.91 Å². The van der Waals surface area contributed by atoms with Crippen LogP contribution in [0.1, 0.15) is 35.5 Å². The van der Waals surface area contributed by atoms with Crippen molar-refractivity contribution in [3.63, 3.8) is 0 Å². The van der Waals surface area contributed by atoms with Crippen molar-refractivity contribution in [1.82, 2.24) is 0 Å². The molecule has 0 saturated carbocycles. The van der Waals surface area contributed by atoms with Gasteiger partial charge in [-0.1, -0.05) is 6.92 Å². The van der Waals surface area contributed by atoms with Crippen LogP contribution in [0.5, 0.6) is 0 Å². The molecular weight excluding hydrogens is 266 g/mol. The SMILES string of the molecule is CCC(C)(OC)C(=O)Nc1c(C)csc1C(=O)OC. The fraction of sp³-hybridized carbons (Fsp3) is 0.538. The molecule has 0 fully saturated rings. The summed E-state index contributed by atoms with van der Waals surface area (Å²) in [5.74, 6) is -0.729. The van der Waals surface area contributed by atoms with E-state index in [2.05, 4.69) is 5.32 Å². The van der Waals surface area contributed by atoms with Crippen molar-refractivity contribution in [2.24, 2.45) is 0 Å². The molecule has 0 saturated heterocycles. The highest BCUT2D eigenvalue weighted by Crippen LogP contribution is 2.29. The van der Waals surface area contributed by atoms with Gasteiger partial charge in [-0.25, -0.2) is 4.79 Å². The molecule has 0 radical (unpaired) electrons. The number of ether oxygens (including phenoxy) is 2. The number of methoxy groups -OCH3 is 2. The van der Waals surface area contributed by atoms with Crippen LogP contribution in [0.2, 0.25) is 0 Å². The minimum Gasteiger partial charge on any atom is -0.465 e.